The molecule has 0 fully saturated rings. The first kappa shape index (κ1) is 7.28. The minimum absolute atomic E-state index is 0.201. The fourth-order valence-electron chi connectivity index (χ4n) is 0.497. The summed E-state index contributed by atoms with van der Waals surface area (Å²) in [6, 6.07) is 2.71. The van der Waals surface area contributed by atoms with E-state index >= 15 is 0 Å². The lowest BCUT2D eigenvalue weighted by atomic mass is 10.4. The third-order valence-corrected chi connectivity index (χ3v) is 1.07. The summed E-state index contributed by atoms with van der Waals surface area (Å²) in [4.78, 5) is 0. The smallest absolute Gasteiger partial charge is 0.228 e. The predicted octanol–water partition coefficient (Wildman–Crippen LogP) is 3.08. The maximum atomic E-state index is 12.4. The molecule has 1 rings (SSSR count). The van der Waals surface area contributed by atoms with E-state index in [4.69, 9.17) is 11.6 Å². The Morgan fingerprint density at radius 2 is 2.20 bits per heavy atom. The van der Waals surface area contributed by atoms with Gasteiger partial charge in [0.1, 0.15) is 0 Å². The molecule has 1 nitrogen and oxygen atoms in total. The third kappa shape index (κ3) is 1.36. The molecule has 0 aromatic carbocycles. The zero-order valence-corrected chi connectivity index (χ0v) is 5.53. The van der Waals surface area contributed by atoms with Crippen molar-refractivity contribution < 1.29 is 13.2 Å². The molecule has 10 heavy (non-hydrogen) atoms. The first-order valence-corrected chi connectivity index (χ1v) is 2.84. The van der Waals surface area contributed by atoms with Crippen molar-refractivity contribution in [1.82, 2.24) is 0 Å². The molecule has 0 aliphatic heterocycles. The minimum atomic E-state index is -1.39. The lowest BCUT2D eigenvalue weighted by Crippen LogP contribution is -1.70. The molecule has 54 valence electrons. The third-order valence-electron chi connectivity index (χ3n) is 0.903. The molecular formula is C6H3ClF2O. The van der Waals surface area contributed by atoms with E-state index in [2.05, 4.69) is 4.42 Å². The first-order chi connectivity index (χ1) is 4.72. The van der Waals surface area contributed by atoms with Gasteiger partial charge < -0.3 is 4.42 Å². The van der Waals surface area contributed by atoms with Crippen molar-refractivity contribution in [3.8, 4) is 0 Å². The van der Waals surface area contributed by atoms with Crippen molar-refractivity contribution in [2.75, 3.05) is 0 Å². The highest BCUT2D eigenvalue weighted by Crippen LogP contribution is 2.23. The standard InChI is InChI=1S/C6H3ClF2O/c7-6(9)5(8)4-2-1-3-10-4/h1-3H. The highest BCUT2D eigenvalue weighted by atomic mass is 35.5. The summed E-state index contributed by atoms with van der Waals surface area (Å²) < 4.78 is 28.7. The van der Waals surface area contributed by atoms with Crippen LogP contribution in [0.4, 0.5) is 8.78 Å². The van der Waals surface area contributed by atoms with Gasteiger partial charge in [-0.2, -0.15) is 8.78 Å². The van der Waals surface area contributed by atoms with Crippen LogP contribution in [0.2, 0.25) is 0 Å². The molecule has 0 saturated carbocycles. The molecule has 0 saturated heterocycles. The monoisotopic (exact) mass is 164 g/mol. The Bertz CT molecular complexity index is 236. The Hall–Kier alpha value is -0.830. The van der Waals surface area contributed by atoms with Gasteiger partial charge in [-0.1, -0.05) is 0 Å². The summed E-state index contributed by atoms with van der Waals surface area (Å²) in [7, 11) is 0. The summed E-state index contributed by atoms with van der Waals surface area (Å²) in [6.07, 6.45) is 1.23. The zero-order valence-electron chi connectivity index (χ0n) is 4.77. The second-order valence-electron chi connectivity index (χ2n) is 1.55. The van der Waals surface area contributed by atoms with Crippen molar-refractivity contribution in [3.05, 3.63) is 29.4 Å². The number of halogens is 3. The van der Waals surface area contributed by atoms with Crippen LogP contribution in [0.1, 0.15) is 5.76 Å². The topological polar surface area (TPSA) is 13.1 Å². The van der Waals surface area contributed by atoms with Crippen LogP contribution in [-0.4, -0.2) is 0 Å². The maximum Gasteiger partial charge on any atom is 0.228 e. The second kappa shape index (κ2) is 2.84. The van der Waals surface area contributed by atoms with E-state index in [-0.39, 0.29) is 5.76 Å². The van der Waals surface area contributed by atoms with E-state index in [1.807, 2.05) is 0 Å². The molecule has 0 aliphatic rings. The Kier molecular flexibility index (Phi) is 2.06. The van der Waals surface area contributed by atoms with Gasteiger partial charge in [-0.3, -0.25) is 0 Å². The fraction of sp³-hybridized carbons (Fsp3) is 0. The van der Waals surface area contributed by atoms with Crippen LogP contribution in [0.5, 0.6) is 0 Å². The van der Waals surface area contributed by atoms with Gasteiger partial charge in [0.15, 0.2) is 5.76 Å². The van der Waals surface area contributed by atoms with Gasteiger partial charge in [-0.25, -0.2) is 0 Å². The van der Waals surface area contributed by atoms with Crippen molar-refractivity contribution in [1.29, 1.82) is 0 Å². The minimum Gasteiger partial charge on any atom is -0.462 e. The van der Waals surface area contributed by atoms with E-state index in [0.717, 1.165) is 0 Å². The van der Waals surface area contributed by atoms with Gasteiger partial charge in [0.2, 0.25) is 11.1 Å². The van der Waals surface area contributed by atoms with Crippen molar-refractivity contribution in [2.45, 2.75) is 0 Å². The van der Waals surface area contributed by atoms with Crippen molar-refractivity contribution in [3.63, 3.8) is 0 Å². The SMILES string of the molecule is FC(Cl)=C(F)c1ccco1. The van der Waals surface area contributed by atoms with Crippen LogP contribution in [0.15, 0.2) is 28.1 Å². The molecule has 0 unspecified atom stereocenters. The van der Waals surface area contributed by atoms with Gasteiger partial charge in [-0.15, -0.1) is 0 Å². The van der Waals surface area contributed by atoms with Gasteiger partial charge in [-0.05, 0) is 23.7 Å². The lowest BCUT2D eigenvalue weighted by Gasteiger charge is -1.87. The van der Waals surface area contributed by atoms with Crippen molar-refractivity contribution in [2.24, 2.45) is 0 Å². The van der Waals surface area contributed by atoms with Gasteiger partial charge in [0.25, 0.3) is 0 Å². The first-order valence-electron chi connectivity index (χ1n) is 2.46. The molecule has 0 aliphatic carbocycles. The number of hydrogen-bond donors (Lipinski definition) is 0. The second-order valence-corrected chi connectivity index (χ2v) is 1.88. The highest BCUT2D eigenvalue weighted by molar-refractivity contribution is 6.30. The van der Waals surface area contributed by atoms with Crippen LogP contribution in [0.3, 0.4) is 0 Å². The number of furan rings is 1. The zero-order chi connectivity index (χ0) is 7.56. The molecule has 0 amide bonds. The molecular weight excluding hydrogens is 162 g/mol. The van der Waals surface area contributed by atoms with Gasteiger partial charge in [0.05, 0.1) is 6.26 Å². The van der Waals surface area contributed by atoms with Crippen LogP contribution >= 0.6 is 11.6 Å². The molecule has 1 aromatic heterocycles. The van der Waals surface area contributed by atoms with E-state index in [1.165, 1.54) is 18.4 Å². The molecule has 0 radical (unpaired) electrons. The predicted molar refractivity (Wildman–Crippen MR) is 33.7 cm³/mol. The lowest BCUT2D eigenvalue weighted by molar-refractivity contribution is 0.523. The van der Waals surface area contributed by atoms with E-state index < -0.39 is 11.1 Å². The molecule has 4 heteroatoms. The summed E-state index contributed by atoms with van der Waals surface area (Å²) >= 11 is 4.70. The molecule has 1 heterocycles. The van der Waals surface area contributed by atoms with E-state index in [9.17, 15) is 8.78 Å². The quantitative estimate of drug-likeness (QED) is 0.622. The van der Waals surface area contributed by atoms with Crippen LogP contribution in [0.25, 0.3) is 5.83 Å². The highest BCUT2D eigenvalue weighted by Gasteiger charge is 2.08. The van der Waals surface area contributed by atoms with Gasteiger partial charge >= 0.3 is 0 Å². The van der Waals surface area contributed by atoms with Crippen LogP contribution in [0, 0.1) is 0 Å². The summed E-state index contributed by atoms with van der Waals surface area (Å²) in [5, 5.41) is -1.39. The Morgan fingerprint density at radius 3 is 2.60 bits per heavy atom. The maximum absolute atomic E-state index is 12.4. The fourth-order valence-corrected chi connectivity index (χ4v) is 0.590. The van der Waals surface area contributed by atoms with Gasteiger partial charge in [0, 0.05) is 0 Å². The van der Waals surface area contributed by atoms with E-state index in [1.54, 1.807) is 0 Å². The Morgan fingerprint density at radius 1 is 1.50 bits per heavy atom. The molecule has 0 N–H and O–H groups in total. The average Bonchev–Trinajstić information content (AvgIpc) is 2.36. The van der Waals surface area contributed by atoms with E-state index in [0.29, 0.717) is 0 Å². The summed E-state index contributed by atoms with van der Waals surface area (Å²) in [5.41, 5.74) is 0. The normalized spacial score (nSPS) is 13.1. The molecule has 0 spiro atoms. The largest absolute Gasteiger partial charge is 0.462 e. The van der Waals surface area contributed by atoms with Crippen molar-refractivity contribution >= 4 is 17.4 Å². The van der Waals surface area contributed by atoms with Crippen LogP contribution < -0.4 is 0 Å². The molecule has 0 atom stereocenters. The summed E-state index contributed by atoms with van der Waals surface area (Å²) in [6.45, 7) is 0. The Balaban J connectivity index is 2.99. The molecule has 1 aromatic rings. The summed E-state index contributed by atoms with van der Waals surface area (Å²) in [5.74, 6) is -1.38. The number of hydrogen-bond acceptors (Lipinski definition) is 1. The van der Waals surface area contributed by atoms with Crippen LogP contribution in [-0.2, 0) is 0 Å². The Labute approximate surface area is 60.9 Å². The average molecular weight is 165 g/mol. The molecule has 0 bridgehead atoms. The number of rotatable bonds is 1.